The van der Waals surface area contributed by atoms with Gasteiger partial charge < -0.3 is 15.6 Å². The van der Waals surface area contributed by atoms with Gasteiger partial charge in [0.2, 0.25) is 5.91 Å². The first kappa shape index (κ1) is 12.8. The molecule has 19 heavy (non-hydrogen) atoms. The fourth-order valence-corrected chi connectivity index (χ4v) is 1.57. The van der Waals surface area contributed by atoms with Crippen LogP contribution < -0.4 is 16.6 Å². The molecule has 6 heteroatoms. The topological polar surface area (TPSA) is 90.0 Å². The summed E-state index contributed by atoms with van der Waals surface area (Å²) < 4.78 is 1.26. The van der Waals surface area contributed by atoms with E-state index < -0.39 is 0 Å². The second kappa shape index (κ2) is 5.34. The lowest BCUT2D eigenvalue weighted by Gasteiger charge is -2.07. The second-order valence-corrected chi connectivity index (χ2v) is 4.17. The monoisotopic (exact) mass is 258 g/mol. The molecule has 6 nitrogen and oxygen atoms in total. The van der Waals surface area contributed by atoms with E-state index in [4.69, 9.17) is 5.73 Å². The van der Waals surface area contributed by atoms with Crippen molar-refractivity contribution in [3.8, 4) is 0 Å². The van der Waals surface area contributed by atoms with Crippen molar-refractivity contribution >= 4 is 17.3 Å². The number of hydrogen-bond donors (Lipinski definition) is 2. The summed E-state index contributed by atoms with van der Waals surface area (Å²) in [5, 5.41) is 2.66. The Morgan fingerprint density at radius 1 is 1.37 bits per heavy atom. The predicted octanol–water partition coefficient (Wildman–Crippen LogP) is 0.773. The highest BCUT2D eigenvalue weighted by Crippen LogP contribution is 2.05. The maximum Gasteiger partial charge on any atom is 0.251 e. The van der Waals surface area contributed by atoms with E-state index in [1.807, 2.05) is 6.92 Å². The van der Waals surface area contributed by atoms with E-state index >= 15 is 0 Å². The largest absolute Gasteiger partial charge is 0.398 e. The van der Waals surface area contributed by atoms with Crippen LogP contribution in [0.25, 0.3) is 0 Å². The Kier molecular flexibility index (Phi) is 3.61. The van der Waals surface area contributed by atoms with Gasteiger partial charge in [-0.3, -0.25) is 14.6 Å². The number of anilines is 2. The summed E-state index contributed by atoms with van der Waals surface area (Å²) in [5.41, 5.74) is 7.19. The van der Waals surface area contributed by atoms with Crippen LogP contribution in [-0.4, -0.2) is 15.5 Å². The van der Waals surface area contributed by atoms with Gasteiger partial charge in [-0.1, -0.05) is 0 Å². The first-order chi connectivity index (χ1) is 9.04. The summed E-state index contributed by atoms with van der Waals surface area (Å²) in [6.45, 7) is 1.77. The van der Waals surface area contributed by atoms with Gasteiger partial charge in [0.1, 0.15) is 6.54 Å². The van der Waals surface area contributed by atoms with Crippen molar-refractivity contribution in [1.29, 1.82) is 0 Å². The maximum absolute atomic E-state index is 11.8. The third-order valence-corrected chi connectivity index (χ3v) is 2.52. The number of hydrogen-bond acceptors (Lipinski definition) is 4. The Balaban J connectivity index is 2.07. The molecule has 3 N–H and O–H groups in total. The van der Waals surface area contributed by atoms with Gasteiger partial charge in [0.05, 0.1) is 11.9 Å². The molecule has 0 atom stereocenters. The fraction of sp³-hybridized carbons (Fsp3) is 0.154. The van der Waals surface area contributed by atoms with Crippen molar-refractivity contribution in [3.63, 3.8) is 0 Å². The molecule has 98 valence electrons. The zero-order valence-electron chi connectivity index (χ0n) is 10.5. The van der Waals surface area contributed by atoms with Crippen LogP contribution in [-0.2, 0) is 11.3 Å². The smallest absolute Gasteiger partial charge is 0.251 e. The van der Waals surface area contributed by atoms with Crippen molar-refractivity contribution in [3.05, 3.63) is 52.7 Å². The highest BCUT2D eigenvalue weighted by Gasteiger charge is 2.05. The molecule has 0 fully saturated rings. The Bertz CT molecular complexity index is 646. The number of nitrogens with one attached hydrogen (secondary N) is 1. The van der Waals surface area contributed by atoms with Gasteiger partial charge in [-0.15, -0.1) is 0 Å². The molecular weight excluding hydrogens is 244 g/mol. The lowest BCUT2D eigenvalue weighted by Crippen LogP contribution is -2.27. The van der Waals surface area contributed by atoms with Gasteiger partial charge in [0, 0.05) is 23.6 Å². The zero-order chi connectivity index (χ0) is 13.8. The molecule has 0 spiro atoms. The van der Waals surface area contributed by atoms with Gasteiger partial charge in [0.25, 0.3) is 5.56 Å². The van der Waals surface area contributed by atoms with Gasteiger partial charge in [-0.25, -0.2) is 0 Å². The van der Waals surface area contributed by atoms with Gasteiger partial charge in [-0.05, 0) is 25.1 Å². The van der Waals surface area contributed by atoms with Gasteiger partial charge in [0.15, 0.2) is 0 Å². The Morgan fingerprint density at radius 3 is 2.84 bits per heavy atom. The molecule has 0 radical (unpaired) electrons. The van der Waals surface area contributed by atoms with E-state index in [0.29, 0.717) is 11.4 Å². The molecule has 2 heterocycles. The number of nitrogen functional groups attached to an aromatic ring is 1. The first-order valence-electron chi connectivity index (χ1n) is 5.73. The molecule has 2 aromatic rings. The Morgan fingerprint density at radius 2 is 2.16 bits per heavy atom. The van der Waals surface area contributed by atoms with E-state index in [1.165, 1.54) is 22.9 Å². The fourth-order valence-electron chi connectivity index (χ4n) is 1.57. The highest BCUT2D eigenvalue weighted by molar-refractivity contribution is 5.90. The zero-order valence-corrected chi connectivity index (χ0v) is 10.5. The summed E-state index contributed by atoms with van der Waals surface area (Å²) in [6, 6.07) is 6.38. The van der Waals surface area contributed by atoms with Crippen LogP contribution in [0.2, 0.25) is 0 Å². The van der Waals surface area contributed by atoms with Crippen molar-refractivity contribution in [1.82, 2.24) is 9.55 Å². The number of pyridine rings is 2. The molecule has 0 aromatic carbocycles. The lowest BCUT2D eigenvalue weighted by molar-refractivity contribution is -0.116. The van der Waals surface area contributed by atoms with Crippen LogP contribution in [0.1, 0.15) is 5.69 Å². The number of aromatic nitrogens is 2. The second-order valence-electron chi connectivity index (χ2n) is 4.17. The van der Waals surface area contributed by atoms with Gasteiger partial charge in [-0.2, -0.15) is 0 Å². The highest BCUT2D eigenvalue weighted by atomic mass is 16.2. The van der Waals surface area contributed by atoms with Gasteiger partial charge >= 0.3 is 0 Å². The maximum atomic E-state index is 11.8. The SMILES string of the molecule is Cc1ccc(NC(=O)Cn2cc(N)ccc2=O)cn1. The predicted molar refractivity (Wildman–Crippen MR) is 72.7 cm³/mol. The van der Waals surface area contributed by atoms with Crippen molar-refractivity contribution < 1.29 is 4.79 Å². The average Bonchev–Trinajstić information content (AvgIpc) is 2.37. The quantitative estimate of drug-likeness (QED) is 0.851. The normalized spacial score (nSPS) is 10.2. The lowest BCUT2D eigenvalue weighted by atomic mass is 10.3. The van der Waals surface area contributed by atoms with E-state index in [-0.39, 0.29) is 18.0 Å². The molecule has 0 aliphatic carbocycles. The minimum absolute atomic E-state index is 0.0856. The molecular formula is C13H14N4O2. The standard InChI is InChI=1S/C13H14N4O2/c1-9-2-4-11(6-15-9)16-12(18)8-17-7-10(14)3-5-13(17)19/h2-7H,8,14H2,1H3,(H,16,18). The Labute approximate surface area is 109 Å². The Hall–Kier alpha value is -2.63. The third-order valence-electron chi connectivity index (χ3n) is 2.52. The van der Waals surface area contributed by atoms with Crippen LogP contribution in [0.4, 0.5) is 11.4 Å². The van der Waals surface area contributed by atoms with Crippen molar-refractivity contribution in [2.45, 2.75) is 13.5 Å². The van der Waals surface area contributed by atoms with Crippen LogP contribution in [0, 0.1) is 6.92 Å². The molecule has 2 aromatic heterocycles. The third kappa shape index (κ3) is 3.41. The summed E-state index contributed by atoms with van der Waals surface area (Å²) in [4.78, 5) is 27.4. The number of carbonyl (C=O) groups is 1. The number of nitrogens with two attached hydrogens (primary N) is 1. The van der Waals surface area contributed by atoms with E-state index in [0.717, 1.165) is 5.69 Å². The first-order valence-corrected chi connectivity index (χ1v) is 5.73. The van der Waals surface area contributed by atoms with Crippen molar-refractivity contribution in [2.75, 3.05) is 11.1 Å². The molecule has 1 amide bonds. The summed E-state index contributed by atoms with van der Waals surface area (Å²) in [6.07, 6.45) is 3.00. The van der Waals surface area contributed by atoms with E-state index in [9.17, 15) is 9.59 Å². The molecule has 0 saturated carbocycles. The van der Waals surface area contributed by atoms with Crippen LogP contribution >= 0.6 is 0 Å². The van der Waals surface area contributed by atoms with Crippen LogP contribution in [0.5, 0.6) is 0 Å². The molecule has 0 aliphatic rings. The van der Waals surface area contributed by atoms with E-state index in [2.05, 4.69) is 10.3 Å². The summed E-state index contributed by atoms with van der Waals surface area (Å²) in [5.74, 6) is -0.307. The van der Waals surface area contributed by atoms with Crippen LogP contribution in [0.15, 0.2) is 41.5 Å². The van der Waals surface area contributed by atoms with Crippen molar-refractivity contribution in [2.24, 2.45) is 0 Å². The van der Waals surface area contributed by atoms with E-state index in [1.54, 1.807) is 18.3 Å². The summed E-state index contributed by atoms with van der Waals surface area (Å²) >= 11 is 0. The molecule has 0 saturated heterocycles. The number of aryl methyl sites for hydroxylation is 1. The minimum Gasteiger partial charge on any atom is -0.398 e. The molecule has 0 unspecified atom stereocenters. The molecule has 0 bridgehead atoms. The minimum atomic E-state index is -0.307. The van der Waals surface area contributed by atoms with Crippen LogP contribution in [0.3, 0.4) is 0 Å². The molecule has 2 rings (SSSR count). The molecule has 0 aliphatic heterocycles. The number of rotatable bonds is 3. The summed E-state index contributed by atoms with van der Waals surface area (Å²) in [7, 11) is 0. The number of nitrogens with zero attached hydrogens (tertiary/aromatic N) is 2. The number of carbonyl (C=O) groups excluding carboxylic acids is 1. The average molecular weight is 258 g/mol. The number of amides is 1.